The van der Waals surface area contributed by atoms with Crippen molar-refractivity contribution in [1.82, 2.24) is 15.1 Å². The van der Waals surface area contributed by atoms with Gasteiger partial charge in [0.2, 0.25) is 0 Å². The number of aryl methyl sites for hydroxylation is 1. The van der Waals surface area contributed by atoms with E-state index in [1.807, 2.05) is 6.92 Å². The number of amides is 2. The Bertz CT molecular complexity index is 652. The van der Waals surface area contributed by atoms with Crippen molar-refractivity contribution in [2.75, 3.05) is 5.32 Å². The van der Waals surface area contributed by atoms with Gasteiger partial charge in [-0.3, -0.25) is 4.68 Å². The Morgan fingerprint density at radius 1 is 1.36 bits per heavy atom. The van der Waals surface area contributed by atoms with Gasteiger partial charge in [0.05, 0.1) is 11.8 Å². The fourth-order valence-corrected chi connectivity index (χ4v) is 1.80. The zero-order chi connectivity index (χ0) is 16.2. The number of benzene rings is 1. The maximum atomic E-state index is 12.6. The Hall–Kier alpha value is -2.51. The number of nitrogens with zero attached hydrogens (tertiary/aromatic N) is 2. The van der Waals surface area contributed by atoms with Crippen LogP contribution in [0.3, 0.4) is 0 Å². The Labute approximate surface area is 125 Å². The van der Waals surface area contributed by atoms with Crippen molar-refractivity contribution in [3.63, 3.8) is 0 Å². The third-order valence-electron chi connectivity index (χ3n) is 2.91. The lowest BCUT2D eigenvalue weighted by Crippen LogP contribution is -2.28. The Morgan fingerprint density at radius 2 is 2.14 bits per heavy atom. The number of urea groups is 1. The second kappa shape index (κ2) is 6.50. The SMILES string of the molecule is CCn1cc(CNC(=O)Nc2cccc(C(F)(F)F)c2)cn1. The summed E-state index contributed by atoms with van der Waals surface area (Å²) in [5.41, 5.74) is 0.0761. The van der Waals surface area contributed by atoms with Crippen LogP contribution in [0.2, 0.25) is 0 Å². The van der Waals surface area contributed by atoms with Gasteiger partial charge in [-0.1, -0.05) is 6.07 Å². The summed E-state index contributed by atoms with van der Waals surface area (Å²) >= 11 is 0. The smallest absolute Gasteiger partial charge is 0.334 e. The molecule has 0 radical (unpaired) electrons. The molecule has 0 saturated carbocycles. The van der Waals surface area contributed by atoms with E-state index in [4.69, 9.17) is 0 Å². The minimum atomic E-state index is -4.44. The third kappa shape index (κ3) is 4.24. The molecule has 1 heterocycles. The molecule has 1 aromatic carbocycles. The molecular weight excluding hydrogens is 297 g/mol. The van der Waals surface area contributed by atoms with Gasteiger partial charge in [0.1, 0.15) is 0 Å². The molecule has 2 amide bonds. The Kier molecular flexibility index (Phi) is 4.69. The van der Waals surface area contributed by atoms with E-state index in [9.17, 15) is 18.0 Å². The van der Waals surface area contributed by atoms with Crippen molar-refractivity contribution in [2.45, 2.75) is 26.2 Å². The summed E-state index contributed by atoms with van der Waals surface area (Å²) in [5.74, 6) is 0. The van der Waals surface area contributed by atoms with Crippen LogP contribution in [-0.4, -0.2) is 15.8 Å². The fraction of sp³-hybridized carbons (Fsp3) is 0.286. The number of hydrogen-bond acceptors (Lipinski definition) is 2. The normalized spacial score (nSPS) is 11.3. The second-order valence-corrected chi connectivity index (χ2v) is 4.59. The predicted octanol–water partition coefficient (Wildman–Crippen LogP) is 3.24. The molecule has 0 fully saturated rings. The number of carbonyl (C=O) groups excluding carboxylic acids is 1. The molecule has 0 unspecified atom stereocenters. The second-order valence-electron chi connectivity index (χ2n) is 4.59. The quantitative estimate of drug-likeness (QED) is 0.910. The molecule has 2 N–H and O–H groups in total. The van der Waals surface area contributed by atoms with Gasteiger partial charge in [0.25, 0.3) is 0 Å². The van der Waals surface area contributed by atoms with Crippen LogP contribution in [0, 0.1) is 0 Å². The first kappa shape index (κ1) is 15.9. The van der Waals surface area contributed by atoms with Crippen LogP contribution in [0.15, 0.2) is 36.7 Å². The number of alkyl halides is 3. The van der Waals surface area contributed by atoms with Gasteiger partial charge in [0, 0.05) is 30.5 Å². The minimum Gasteiger partial charge on any atom is -0.334 e. The number of halogens is 3. The van der Waals surface area contributed by atoms with Gasteiger partial charge in [-0.15, -0.1) is 0 Å². The van der Waals surface area contributed by atoms with Gasteiger partial charge in [0.15, 0.2) is 0 Å². The largest absolute Gasteiger partial charge is 0.416 e. The zero-order valence-electron chi connectivity index (χ0n) is 11.8. The summed E-state index contributed by atoms with van der Waals surface area (Å²) in [7, 11) is 0. The molecule has 0 spiro atoms. The molecule has 0 bridgehead atoms. The lowest BCUT2D eigenvalue weighted by molar-refractivity contribution is -0.137. The van der Waals surface area contributed by atoms with Crippen molar-refractivity contribution < 1.29 is 18.0 Å². The van der Waals surface area contributed by atoms with Crippen molar-refractivity contribution in [3.05, 3.63) is 47.8 Å². The molecule has 8 heteroatoms. The average molecular weight is 312 g/mol. The number of nitrogens with one attached hydrogen (secondary N) is 2. The van der Waals surface area contributed by atoms with Gasteiger partial charge in [-0.2, -0.15) is 18.3 Å². The third-order valence-corrected chi connectivity index (χ3v) is 2.91. The van der Waals surface area contributed by atoms with Crippen LogP contribution >= 0.6 is 0 Å². The van der Waals surface area contributed by atoms with E-state index in [0.717, 1.165) is 24.2 Å². The first-order chi connectivity index (χ1) is 10.4. The van der Waals surface area contributed by atoms with E-state index < -0.39 is 17.8 Å². The van der Waals surface area contributed by atoms with Crippen molar-refractivity contribution in [3.8, 4) is 0 Å². The van der Waals surface area contributed by atoms with Crippen molar-refractivity contribution >= 4 is 11.7 Å². The maximum Gasteiger partial charge on any atom is 0.416 e. The maximum absolute atomic E-state index is 12.6. The number of hydrogen-bond donors (Lipinski definition) is 2. The highest BCUT2D eigenvalue weighted by Crippen LogP contribution is 2.30. The molecule has 0 atom stereocenters. The van der Waals surface area contributed by atoms with Gasteiger partial charge in [-0.05, 0) is 25.1 Å². The van der Waals surface area contributed by atoms with Gasteiger partial charge >= 0.3 is 12.2 Å². The van der Waals surface area contributed by atoms with Crippen molar-refractivity contribution in [1.29, 1.82) is 0 Å². The fourth-order valence-electron chi connectivity index (χ4n) is 1.80. The molecule has 2 aromatic rings. The summed E-state index contributed by atoms with van der Waals surface area (Å²) in [5, 5.41) is 8.98. The molecule has 2 rings (SSSR count). The summed E-state index contributed by atoms with van der Waals surface area (Å²) in [4.78, 5) is 11.7. The molecule has 0 aliphatic heterocycles. The molecule has 1 aromatic heterocycles. The molecule has 0 aliphatic carbocycles. The number of rotatable bonds is 4. The molecule has 5 nitrogen and oxygen atoms in total. The van der Waals surface area contributed by atoms with Crippen LogP contribution in [0.1, 0.15) is 18.1 Å². The number of anilines is 1. The van der Waals surface area contributed by atoms with E-state index in [1.54, 1.807) is 17.1 Å². The topological polar surface area (TPSA) is 59.0 Å². The molecule has 118 valence electrons. The van der Waals surface area contributed by atoms with E-state index in [1.165, 1.54) is 12.1 Å². The lowest BCUT2D eigenvalue weighted by Gasteiger charge is -2.10. The van der Waals surface area contributed by atoms with Crippen molar-refractivity contribution in [2.24, 2.45) is 0 Å². The summed E-state index contributed by atoms with van der Waals surface area (Å²) < 4.78 is 39.4. The van der Waals surface area contributed by atoms with Gasteiger partial charge in [-0.25, -0.2) is 4.79 Å². The monoisotopic (exact) mass is 312 g/mol. The van der Waals surface area contributed by atoms with Crippen LogP contribution in [0.25, 0.3) is 0 Å². The highest BCUT2D eigenvalue weighted by molar-refractivity contribution is 5.89. The van der Waals surface area contributed by atoms with Gasteiger partial charge < -0.3 is 10.6 Å². The van der Waals surface area contributed by atoms with E-state index >= 15 is 0 Å². The zero-order valence-corrected chi connectivity index (χ0v) is 11.8. The Balaban J connectivity index is 1.92. The van der Waals surface area contributed by atoms with E-state index in [0.29, 0.717) is 0 Å². The Morgan fingerprint density at radius 3 is 2.77 bits per heavy atom. The van der Waals surface area contributed by atoms with Crippen LogP contribution in [0.5, 0.6) is 0 Å². The highest BCUT2D eigenvalue weighted by atomic mass is 19.4. The summed E-state index contributed by atoms with van der Waals surface area (Å²) in [6.45, 7) is 2.89. The van der Waals surface area contributed by atoms with E-state index in [2.05, 4.69) is 15.7 Å². The lowest BCUT2D eigenvalue weighted by atomic mass is 10.2. The standard InChI is InChI=1S/C14H15F3N4O/c1-2-21-9-10(8-19-21)7-18-13(22)20-12-5-3-4-11(6-12)14(15,16)17/h3-6,8-9H,2,7H2,1H3,(H2,18,20,22). The number of aromatic nitrogens is 2. The summed E-state index contributed by atoms with van der Waals surface area (Å²) in [6, 6.07) is 3.88. The average Bonchev–Trinajstić information content (AvgIpc) is 2.92. The predicted molar refractivity (Wildman–Crippen MR) is 75.2 cm³/mol. The first-order valence-corrected chi connectivity index (χ1v) is 6.62. The van der Waals surface area contributed by atoms with Crippen LogP contribution in [0.4, 0.5) is 23.7 Å². The van der Waals surface area contributed by atoms with Crippen LogP contribution in [-0.2, 0) is 19.3 Å². The minimum absolute atomic E-state index is 0.0802. The number of carbonyl (C=O) groups is 1. The molecule has 0 aliphatic rings. The highest BCUT2D eigenvalue weighted by Gasteiger charge is 2.30. The van der Waals surface area contributed by atoms with E-state index in [-0.39, 0.29) is 12.2 Å². The summed E-state index contributed by atoms with van der Waals surface area (Å²) in [6.07, 6.45) is -1.04. The molecule has 22 heavy (non-hydrogen) atoms. The van der Waals surface area contributed by atoms with Crippen LogP contribution < -0.4 is 10.6 Å². The molecular formula is C14H15F3N4O. The first-order valence-electron chi connectivity index (χ1n) is 6.62. The molecule has 0 saturated heterocycles.